The third-order valence-corrected chi connectivity index (χ3v) is 3.55. The topological polar surface area (TPSA) is 63.0 Å². The molecule has 1 unspecified atom stereocenters. The van der Waals surface area contributed by atoms with Gasteiger partial charge in [0.2, 0.25) is 0 Å². The summed E-state index contributed by atoms with van der Waals surface area (Å²) < 4.78 is 2.05. The molecule has 0 amide bonds. The first-order chi connectivity index (χ1) is 9.40. The molecule has 1 aliphatic rings. The molecule has 0 saturated carbocycles. The van der Waals surface area contributed by atoms with Gasteiger partial charge in [0, 0.05) is 31.1 Å². The molecule has 2 aromatic rings. The molecular weight excluding hydrogens is 240 g/mol. The molecule has 19 heavy (non-hydrogen) atoms. The van der Waals surface area contributed by atoms with Gasteiger partial charge in [0.1, 0.15) is 5.82 Å². The lowest BCUT2D eigenvalue weighted by Crippen LogP contribution is -2.25. The minimum absolute atomic E-state index is 0.219. The first-order valence-electron chi connectivity index (χ1n) is 6.71. The lowest BCUT2D eigenvalue weighted by atomic mass is 10.0. The fourth-order valence-corrected chi connectivity index (χ4v) is 2.61. The minimum Gasteiger partial charge on any atom is -0.396 e. The second-order valence-corrected chi connectivity index (χ2v) is 4.81. The van der Waals surface area contributed by atoms with Crippen molar-refractivity contribution in [1.29, 1.82) is 0 Å². The molecule has 0 spiro atoms. The fourth-order valence-electron chi connectivity index (χ4n) is 2.61. The van der Waals surface area contributed by atoms with Gasteiger partial charge < -0.3 is 10.4 Å². The van der Waals surface area contributed by atoms with E-state index >= 15 is 0 Å². The molecular formula is C14H18N4O. The number of hydrogen-bond acceptors (Lipinski definition) is 4. The van der Waals surface area contributed by atoms with Gasteiger partial charge in [0.15, 0.2) is 0 Å². The van der Waals surface area contributed by atoms with Crippen LogP contribution in [0.5, 0.6) is 0 Å². The van der Waals surface area contributed by atoms with Crippen molar-refractivity contribution in [2.45, 2.75) is 25.3 Å². The van der Waals surface area contributed by atoms with Crippen molar-refractivity contribution in [1.82, 2.24) is 14.8 Å². The van der Waals surface area contributed by atoms with Crippen molar-refractivity contribution in [3.05, 3.63) is 41.9 Å². The Kier molecular flexibility index (Phi) is 3.46. The Morgan fingerprint density at radius 3 is 3.16 bits per heavy atom. The van der Waals surface area contributed by atoms with Crippen LogP contribution in [0.1, 0.15) is 30.0 Å². The van der Waals surface area contributed by atoms with E-state index in [1.807, 2.05) is 23.1 Å². The van der Waals surface area contributed by atoms with Crippen molar-refractivity contribution in [3.63, 3.8) is 0 Å². The van der Waals surface area contributed by atoms with E-state index in [1.165, 1.54) is 11.1 Å². The first-order valence-corrected chi connectivity index (χ1v) is 6.71. The number of aliphatic hydroxyl groups excluding tert-OH is 1. The summed E-state index contributed by atoms with van der Waals surface area (Å²) in [5, 5.41) is 16.9. The van der Waals surface area contributed by atoms with Crippen LogP contribution in [0.3, 0.4) is 0 Å². The second-order valence-electron chi connectivity index (χ2n) is 4.81. The predicted molar refractivity (Wildman–Crippen MR) is 73.1 cm³/mol. The van der Waals surface area contributed by atoms with Gasteiger partial charge in [-0.2, -0.15) is 5.10 Å². The Morgan fingerprint density at radius 1 is 1.42 bits per heavy atom. The molecule has 0 aromatic carbocycles. The summed E-state index contributed by atoms with van der Waals surface area (Å²) in [6.45, 7) is 1.16. The Hall–Kier alpha value is -1.88. The number of aromatic nitrogens is 3. The summed E-state index contributed by atoms with van der Waals surface area (Å²) >= 11 is 0. The van der Waals surface area contributed by atoms with Crippen LogP contribution in [0.25, 0.3) is 0 Å². The Morgan fingerprint density at radius 2 is 2.37 bits per heavy atom. The summed E-state index contributed by atoms with van der Waals surface area (Å²) in [7, 11) is 0. The molecule has 5 nitrogen and oxygen atoms in total. The highest BCUT2D eigenvalue weighted by atomic mass is 16.2. The highest BCUT2D eigenvalue weighted by molar-refractivity contribution is 5.47. The van der Waals surface area contributed by atoms with E-state index in [2.05, 4.69) is 21.5 Å². The molecule has 0 aliphatic carbocycles. The van der Waals surface area contributed by atoms with Crippen molar-refractivity contribution < 1.29 is 5.11 Å². The van der Waals surface area contributed by atoms with E-state index in [-0.39, 0.29) is 12.6 Å². The van der Waals surface area contributed by atoms with Gasteiger partial charge in [-0.15, -0.1) is 0 Å². The Balaban J connectivity index is 1.91. The maximum absolute atomic E-state index is 8.94. The smallest absolute Gasteiger partial charge is 0.128 e. The zero-order chi connectivity index (χ0) is 13.1. The molecule has 2 N–H and O–H groups in total. The number of nitrogens with zero attached hydrogens (tertiary/aromatic N) is 3. The van der Waals surface area contributed by atoms with E-state index in [4.69, 9.17) is 5.11 Å². The first kappa shape index (κ1) is 12.2. The number of fused-ring (bicyclic) bond motifs is 1. The molecule has 5 heteroatoms. The third kappa shape index (κ3) is 2.33. The zero-order valence-electron chi connectivity index (χ0n) is 10.8. The summed E-state index contributed by atoms with van der Waals surface area (Å²) in [6, 6.07) is 4.32. The quantitative estimate of drug-likeness (QED) is 0.874. The van der Waals surface area contributed by atoms with Crippen LogP contribution >= 0.6 is 0 Å². The SMILES string of the molecule is OCCCc1cnn2c1NCCC2c1cccnc1. The third-order valence-electron chi connectivity index (χ3n) is 3.55. The molecule has 100 valence electrons. The van der Waals surface area contributed by atoms with Crippen molar-refractivity contribution in [2.75, 3.05) is 18.5 Å². The average molecular weight is 258 g/mol. The number of aryl methyl sites for hydroxylation is 1. The van der Waals surface area contributed by atoms with Gasteiger partial charge in [-0.1, -0.05) is 6.07 Å². The van der Waals surface area contributed by atoms with E-state index in [9.17, 15) is 0 Å². The highest BCUT2D eigenvalue weighted by Crippen LogP contribution is 2.31. The standard InChI is InChI=1S/C14H18N4O/c19-8-2-4-12-10-17-18-13(5-7-16-14(12)18)11-3-1-6-15-9-11/h1,3,6,9-10,13,16,19H,2,4-5,7-8H2. The van der Waals surface area contributed by atoms with Crippen molar-refractivity contribution in [3.8, 4) is 0 Å². The Bertz CT molecular complexity index is 538. The highest BCUT2D eigenvalue weighted by Gasteiger charge is 2.24. The van der Waals surface area contributed by atoms with E-state index in [1.54, 1.807) is 6.20 Å². The number of hydrogen-bond donors (Lipinski definition) is 2. The largest absolute Gasteiger partial charge is 0.396 e. The van der Waals surface area contributed by atoms with Crippen molar-refractivity contribution >= 4 is 5.82 Å². The van der Waals surface area contributed by atoms with Crippen LogP contribution in [-0.2, 0) is 6.42 Å². The van der Waals surface area contributed by atoms with Crippen LogP contribution in [0.15, 0.2) is 30.7 Å². The van der Waals surface area contributed by atoms with Gasteiger partial charge in [0.25, 0.3) is 0 Å². The molecule has 0 saturated heterocycles. The monoisotopic (exact) mass is 258 g/mol. The fraction of sp³-hybridized carbons (Fsp3) is 0.429. The predicted octanol–water partition coefficient (Wildman–Crippen LogP) is 1.61. The van der Waals surface area contributed by atoms with E-state index in [0.717, 1.165) is 31.6 Å². The number of pyridine rings is 1. The maximum Gasteiger partial charge on any atom is 0.128 e. The Labute approximate surface area is 112 Å². The molecule has 1 atom stereocenters. The number of rotatable bonds is 4. The molecule has 3 heterocycles. The van der Waals surface area contributed by atoms with Gasteiger partial charge in [-0.3, -0.25) is 4.98 Å². The van der Waals surface area contributed by atoms with Gasteiger partial charge in [-0.05, 0) is 30.9 Å². The second kappa shape index (κ2) is 5.40. The van der Waals surface area contributed by atoms with E-state index in [0.29, 0.717) is 0 Å². The number of nitrogens with one attached hydrogen (secondary N) is 1. The minimum atomic E-state index is 0.219. The van der Waals surface area contributed by atoms with Crippen LogP contribution in [0, 0.1) is 0 Å². The van der Waals surface area contributed by atoms with Crippen LogP contribution in [0.4, 0.5) is 5.82 Å². The average Bonchev–Trinajstić information content (AvgIpc) is 2.89. The van der Waals surface area contributed by atoms with Gasteiger partial charge in [0.05, 0.1) is 12.2 Å². The lowest BCUT2D eigenvalue weighted by Gasteiger charge is -2.26. The van der Waals surface area contributed by atoms with Gasteiger partial charge >= 0.3 is 0 Å². The molecule has 0 bridgehead atoms. The number of aliphatic hydroxyl groups is 1. The molecule has 0 fully saturated rings. The zero-order valence-corrected chi connectivity index (χ0v) is 10.8. The molecule has 0 radical (unpaired) electrons. The molecule has 2 aromatic heterocycles. The van der Waals surface area contributed by atoms with Gasteiger partial charge in [-0.25, -0.2) is 4.68 Å². The van der Waals surface area contributed by atoms with Crippen molar-refractivity contribution in [2.24, 2.45) is 0 Å². The number of anilines is 1. The molecule has 3 rings (SSSR count). The van der Waals surface area contributed by atoms with Crippen LogP contribution < -0.4 is 5.32 Å². The summed E-state index contributed by atoms with van der Waals surface area (Å²) in [6.07, 6.45) is 8.26. The molecule has 1 aliphatic heterocycles. The van der Waals surface area contributed by atoms with E-state index < -0.39 is 0 Å². The summed E-state index contributed by atoms with van der Waals surface area (Å²) in [5.74, 6) is 1.09. The summed E-state index contributed by atoms with van der Waals surface area (Å²) in [4.78, 5) is 4.19. The van der Waals surface area contributed by atoms with Crippen LogP contribution in [-0.4, -0.2) is 33.0 Å². The lowest BCUT2D eigenvalue weighted by molar-refractivity contribution is 0.288. The van der Waals surface area contributed by atoms with Crippen LogP contribution in [0.2, 0.25) is 0 Å². The normalized spacial score (nSPS) is 17.8. The summed E-state index contributed by atoms with van der Waals surface area (Å²) in [5.41, 5.74) is 2.38. The maximum atomic E-state index is 8.94.